The zero-order valence-electron chi connectivity index (χ0n) is 13.6. The lowest BCUT2D eigenvalue weighted by Crippen LogP contribution is -2.37. The summed E-state index contributed by atoms with van der Waals surface area (Å²) in [4.78, 5) is 44.1. The molecule has 0 aliphatic carbocycles. The highest BCUT2D eigenvalue weighted by Crippen LogP contribution is 2.05. The summed E-state index contributed by atoms with van der Waals surface area (Å²) in [6, 6.07) is 3.54. The molecule has 1 N–H and O–H groups in total. The molecule has 0 radical (unpaired) electrons. The monoisotopic (exact) mass is 341 g/mol. The number of imidazole rings is 1. The lowest BCUT2D eigenvalue weighted by atomic mass is 10.3. The summed E-state index contributed by atoms with van der Waals surface area (Å²) in [5.41, 5.74) is 2.52. The van der Waals surface area contributed by atoms with Gasteiger partial charge >= 0.3 is 5.69 Å². The van der Waals surface area contributed by atoms with Crippen LogP contribution in [0, 0.1) is 0 Å². The second-order valence-electron chi connectivity index (χ2n) is 5.33. The van der Waals surface area contributed by atoms with E-state index in [1.165, 1.54) is 35.8 Å². The number of hydrazone groups is 1. The van der Waals surface area contributed by atoms with E-state index < -0.39 is 17.2 Å². The Kier molecular flexibility index (Phi) is 4.25. The molecule has 0 spiro atoms. The van der Waals surface area contributed by atoms with E-state index in [9.17, 15) is 14.4 Å². The molecule has 25 heavy (non-hydrogen) atoms. The van der Waals surface area contributed by atoms with Crippen molar-refractivity contribution in [1.29, 1.82) is 0 Å². The van der Waals surface area contributed by atoms with Gasteiger partial charge in [-0.05, 0) is 6.07 Å². The lowest BCUT2D eigenvalue weighted by molar-refractivity contribution is -0.121. The maximum atomic E-state index is 12.1. The van der Waals surface area contributed by atoms with Crippen molar-refractivity contribution in [3.63, 3.8) is 0 Å². The number of aryl methyl sites for hydroxylation is 1. The predicted octanol–water partition coefficient (Wildman–Crippen LogP) is -1.02. The van der Waals surface area contributed by atoms with Crippen molar-refractivity contribution >= 4 is 23.3 Å². The number of carbonyl (C=O) groups is 1. The van der Waals surface area contributed by atoms with Crippen molar-refractivity contribution in [1.82, 2.24) is 29.1 Å². The van der Waals surface area contributed by atoms with Crippen molar-refractivity contribution < 1.29 is 4.79 Å². The number of rotatable bonds is 4. The van der Waals surface area contributed by atoms with Crippen LogP contribution < -0.4 is 16.7 Å². The second kappa shape index (κ2) is 6.51. The lowest BCUT2D eigenvalue weighted by Gasteiger charge is -2.07. The number of fused-ring (bicyclic) bond motifs is 1. The van der Waals surface area contributed by atoms with Crippen molar-refractivity contribution in [2.45, 2.75) is 6.54 Å². The Bertz CT molecular complexity index is 1080. The van der Waals surface area contributed by atoms with Gasteiger partial charge in [0.25, 0.3) is 11.5 Å². The molecule has 10 heteroatoms. The summed E-state index contributed by atoms with van der Waals surface area (Å²) < 4.78 is 3.67. The fourth-order valence-electron chi connectivity index (χ4n) is 2.38. The number of pyridine rings is 1. The first-order valence-electron chi connectivity index (χ1n) is 7.32. The summed E-state index contributed by atoms with van der Waals surface area (Å²) in [7, 11) is 2.89. The van der Waals surface area contributed by atoms with Gasteiger partial charge < -0.3 is 4.57 Å². The highest BCUT2D eigenvalue weighted by Gasteiger charge is 2.15. The van der Waals surface area contributed by atoms with Crippen LogP contribution in [0.2, 0.25) is 0 Å². The third-order valence-corrected chi connectivity index (χ3v) is 3.61. The van der Waals surface area contributed by atoms with Crippen LogP contribution in [0.4, 0.5) is 0 Å². The Morgan fingerprint density at radius 3 is 2.84 bits per heavy atom. The van der Waals surface area contributed by atoms with Crippen molar-refractivity contribution in [3.8, 4) is 0 Å². The first-order chi connectivity index (χ1) is 12.0. The van der Waals surface area contributed by atoms with Crippen LogP contribution in [-0.4, -0.2) is 35.8 Å². The number of carbonyl (C=O) groups excluding carboxylic acids is 1. The number of hydrogen-bond donors (Lipinski definition) is 1. The smallest absolute Gasteiger partial charge is 0.307 e. The Morgan fingerprint density at radius 2 is 2.12 bits per heavy atom. The average Bonchev–Trinajstić information content (AvgIpc) is 3.02. The van der Waals surface area contributed by atoms with Crippen LogP contribution in [0.3, 0.4) is 0 Å². The number of aromatic nitrogens is 5. The number of nitrogens with one attached hydrogen (secondary N) is 1. The molecule has 3 heterocycles. The van der Waals surface area contributed by atoms with Crippen LogP contribution >= 0.6 is 0 Å². The molecular formula is C15H15N7O3. The van der Waals surface area contributed by atoms with Gasteiger partial charge in [0, 0.05) is 32.1 Å². The van der Waals surface area contributed by atoms with Gasteiger partial charge in [-0.1, -0.05) is 6.07 Å². The van der Waals surface area contributed by atoms with Crippen LogP contribution in [0.15, 0.2) is 45.5 Å². The van der Waals surface area contributed by atoms with Crippen LogP contribution in [0.25, 0.3) is 11.2 Å². The molecule has 0 saturated heterocycles. The zero-order chi connectivity index (χ0) is 18.0. The molecule has 3 aromatic heterocycles. The first-order valence-corrected chi connectivity index (χ1v) is 7.32. The molecule has 0 atom stereocenters. The normalized spacial score (nSPS) is 11.3. The van der Waals surface area contributed by atoms with Crippen molar-refractivity contribution in [2.24, 2.45) is 19.2 Å². The molecular weight excluding hydrogens is 326 g/mol. The zero-order valence-corrected chi connectivity index (χ0v) is 13.6. The van der Waals surface area contributed by atoms with Gasteiger partial charge in [0.1, 0.15) is 12.2 Å². The number of hydrogen-bond acceptors (Lipinski definition) is 6. The van der Waals surface area contributed by atoms with E-state index in [4.69, 9.17) is 0 Å². The fourth-order valence-corrected chi connectivity index (χ4v) is 2.38. The van der Waals surface area contributed by atoms with Crippen molar-refractivity contribution in [2.75, 3.05) is 0 Å². The van der Waals surface area contributed by atoms with E-state index in [2.05, 4.69) is 20.5 Å². The standard InChI is InChI=1S/C15H15N7O3/c1-20-13-12(14(24)21(2)15(20)25)17-9-22(13)8-11(23)19-18-7-10-4-3-5-16-6-10/h3-7,9H,8H2,1-2H3,(H,19,23). The maximum absolute atomic E-state index is 12.1. The van der Waals surface area contributed by atoms with Crippen LogP contribution in [-0.2, 0) is 25.4 Å². The largest absolute Gasteiger partial charge is 0.332 e. The minimum atomic E-state index is -0.508. The molecule has 0 bridgehead atoms. The molecule has 0 unspecified atom stereocenters. The molecule has 0 saturated carbocycles. The van der Waals surface area contributed by atoms with Crippen molar-refractivity contribution in [3.05, 3.63) is 57.3 Å². The van der Waals surface area contributed by atoms with E-state index in [1.807, 2.05) is 0 Å². The molecule has 10 nitrogen and oxygen atoms in total. The van der Waals surface area contributed by atoms with Gasteiger partial charge in [-0.15, -0.1) is 0 Å². The minimum Gasteiger partial charge on any atom is -0.307 e. The van der Waals surface area contributed by atoms with Gasteiger partial charge in [-0.2, -0.15) is 5.10 Å². The fraction of sp³-hybridized carbons (Fsp3) is 0.200. The summed E-state index contributed by atoms with van der Waals surface area (Å²) in [6.45, 7) is -0.138. The van der Waals surface area contributed by atoms with Crippen LogP contribution in [0.5, 0.6) is 0 Å². The van der Waals surface area contributed by atoms with Crippen LogP contribution in [0.1, 0.15) is 5.56 Å². The quantitative estimate of drug-likeness (QED) is 0.481. The van der Waals surface area contributed by atoms with Gasteiger partial charge in [0.15, 0.2) is 5.52 Å². The van der Waals surface area contributed by atoms with E-state index in [1.54, 1.807) is 24.5 Å². The molecule has 1 amide bonds. The van der Waals surface area contributed by atoms with Gasteiger partial charge in [0.2, 0.25) is 0 Å². The van der Waals surface area contributed by atoms with E-state index in [-0.39, 0.29) is 17.7 Å². The second-order valence-corrected chi connectivity index (χ2v) is 5.33. The molecule has 0 fully saturated rings. The third-order valence-electron chi connectivity index (χ3n) is 3.61. The summed E-state index contributed by atoms with van der Waals surface area (Å²) in [5.74, 6) is -0.424. The third kappa shape index (κ3) is 3.09. The van der Waals surface area contributed by atoms with E-state index in [0.29, 0.717) is 0 Å². The Balaban J connectivity index is 1.82. The number of nitrogens with zero attached hydrogens (tertiary/aromatic N) is 6. The molecule has 0 aliphatic heterocycles. The topological polar surface area (TPSA) is 116 Å². The molecule has 3 rings (SSSR count). The predicted molar refractivity (Wildman–Crippen MR) is 90.2 cm³/mol. The molecule has 0 aromatic carbocycles. The van der Waals surface area contributed by atoms with E-state index >= 15 is 0 Å². The highest BCUT2D eigenvalue weighted by molar-refractivity contribution is 5.82. The minimum absolute atomic E-state index is 0.122. The SMILES string of the molecule is Cn1c(=O)c2ncn(CC(=O)NN=Cc3cccnc3)c2n(C)c1=O. The average molecular weight is 341 g/mol. The van der Waals surface area contributed by atoms with Gasteiger partial charge in [0.05, 0.1) is 12.5 Å². The maximum Gasteiger partial charge on any atom is 0.332 e. The molecule has 3 aromatic rings. The summed E-state index contributed by atoms with van der Waals surface area (Å²) in [6.07, 6.45) is 6.04. The highest BCUT2D eigenvalue weighted by atomic mass is 16.2. The Hall–Kier alpha value is -3.56. The van der Waals surface area contributed by atoms with E-state index in [0.717, 1.165) is 10.1 Å². The Morgan fingerprint density at radius 1 is 1.32 bits per heavy atom. The number of amides is 1. The van der Waals surface area contributed by atoms with Gasteiger partial charge in [-0.3, -0.25) is 23.7 Å². The summed E-state index contributed by atoms with van der Waals surface area (Å²) in [5, 5.41) is 3.84. The summed E-state index contributed by atoms with van der Waals surface area (Å²) >= 11 is 0. The van der Waals surface area contributed by atoms with Gasteiger partial charge in [-0.25, -0.2) is 15.2 Å². The first kappa shape index (κ1) is 16.3. The molecule has 0 aliphatic rings. The molecule has 128 valence electrons. The Labute approximate surface area is 141 Å².